The van der Waals surface area contributed by atoms with Crippen molar-refractivity contribution in [3.63, 3.8) is 0 Å². The summed E-state index contributed by atoms with van der Waals surface area (Å²) < 4.78 is 10.8. The summed E-state index contributed by atoms with van der Waals surface area (Å²) in [5.74, 6) is 0.809. The molecule has 0 saturated carbocycles. The van der Waals surface area contributed by atoms with E-state index in [-0.39, 0.29) is 5.97 Å². The zero-order valence-electron chi connectivity index (χ0n) is 16.8. The van der Waals surface area contributed by atoms with Crippen LogP contribution in [0.5, 0.6) is 5.75 Å². The SMILES string of the molecule is CCOC(=O)CCCCOc1ccc2c(c1)CC(NCc1ccccc1)CC2. The summed E-state index contributed by atoms with van der Waals surface area (Å²) in [5.41, 5.74) is 4.15. The molecule has 0 aromatic heterocycles. The zero-order valence-corrected chi connectivity index (χ0v) is 16.8. The largest absolute Gasteiger partial charge is 0.494 e. The van der Waals surface area contributed by atoms with Gasteiger partial charge in [0.05, 0.1) is 13.2 Å². The van der Waals surface area contributed by atoms with Crippen molar-refractivity contribution in [2.45, 2.75) is 58.0 Å². The first-order valence-electron chi connectivity index (χ1n) is 10.4. The number of ether oxygens (including phenoxy) is 2. The van der Waals surface area contributed by atoms with Crippen molar-refractivity contribution >= 4 is 5.97 Å². The Morgan fingerprint density at radius 3 is 2.79 bits per heavy atom. The number of hydrogen-bond acceptors (Lipinski definition) is 4. The molecule has 150 valence electrons. The number of fused-ring (bicyclic) bond motifs is 1. The molecule has 0 spiro atoms. The lowest BCUT2D eigenvalue weighted by Crippen LogP contribution is -2.34. The van der Waals surface area contributed by atoms with Gasteiger partial charge in [0, 0.05) is 19.0 Å². The predicted molar refractivity (Wildman–Crippen MR) is 112 cm³/mol. The Hall–Kier alpha value is -2.33. The van der Waals surface area contributed by atoms with Crippen molar-refractivity contribution in [3.8, 4) is 5.75 Å². The summed E-state index contributed by atoms with van der Waals surface area (Å²) in [4.78, 5) is 11.3. The van der Waals surface area contributed by atoms with Crippen molar-refractivity contribution in [3.05, 3.63) is 65.2 Å². The summed E-state index contributed by atoms with van der Waals surface area (Å²) in [6.07, 6.45) is 5.46. The highest BCUT2D eigenvalue weighted by Crippen LogP contribution is 2.26. The van der Waals surface area contributed by atoms with E-state index >= 15 is 0 Å². The van der Waals surface area contributed by atoms with Crippen LogP contribution in [0.15, 0.2) is 48.5 Å². The molecular formula is C24H31NO3. The zero-order chi connectivity index (χ0) is 19.6. The molecule has 0 heterocycles. The van der Waals surface area contributed by atoms with E-state index in [0.29, 0.717) is 25.7 Å². The van der Waals surface area contributed by atoms with Gasteiger partial charge in [0.2, 0.25) is 0 Å². The lowest BCUT2D eigenvalue weighted by Gasteiger charge is -2.26. The van der Waals surface area contributed by atoms with Gasteiger partial charge >= 0.3 is 5.97 Å². The maximum absolute atomic E-state index is 11.3. The van der Waals surface area contributed by atoms with Gasteiger partial charge < -0.3 is 14.8 Å². The first-order chi connectivity index (χ1) is 13.7. The van der Waals surface area contributed by atoms with E-state index in [1.165, 1.54) is 23.1 Å². The van der Waals surface area contributed by atoms with Gasteiger partial charge in [0.25, 0.3) is 0 Å². The fraction of sp³-hybridized carbons (Fsp3) is 0.458. The van der Waals surface area contributed by atoms with E-state index in [2.05, 4.69) is 53.8 Å². The topological polar surface area (TPSA) is 47.6 Å². The Balaban J connectivity index is 1.43. The number of benzene rings is 2. The van der Waals surface area contributed by atoms with Crippen LogP contribution < -0.4 is 10.1 Å². The minimum absolute atomic E-state index is 0.120. The molecule has 1 atom stereocenters. The molecule has 0 bridgehead atoms. The van der Waals surface area contributed by atoms with Gasteiger partial charge in [0.1, 0.15) is 5.75 Å². The van der Waals surface area contributed by atoms with Crippen LogP contribution in [-0.4, -0.2) is 25.2 Å². The Labute approximate surface area is 168 Å². The van der Waals surface area contributed by atoms with Gasteiger partial charge in [-0.15, -0.1) is 0 Å². The molecule has 3 rings (SSSR count). The number of carbonyl (C=O) groups is 1. The average Bonchev–Trinajstić information content (AvgIpc) is 2.72. The van der Waals surface area contributed by atoms with Gasteiger partial charge in [-0.05, 0) is 67.9 Å². The second-order valence-corrected chi connectivity index (χ2v) is 7.35. The van der Waals surface area contributed by atoms with E-state index in [9.17, 15) is 4.79 Å². The van der Waals surface area contributed by atoms with E-state index in [0.717, 1.165) is 38.0 Å². The number of unbranched alkanes of at least 4 members (excludes halogenated alkanes) is 1. The maximum Gasteiger partial charge on any atom is 0.305 e. The van der Waals surface area contributed by atoms with E-state index in [1.54, 1.807) is 0 Å². The van der Waals surface area contributed by atoms with Gasteiger partial charge in [0.15, 0.2) is 0 Å². The smallest absolute Gasteiger partial charge is 0.305 e. The fourth-order valence-electron chi connectivity index (χ4n) is 3.65. The molecule has 4 nitrogen and oxygen atoms in total. The summed E-state index contributed by atoms with van der Waals surface area (Å²) in [7, 11) is 0. The number of carbonyl (C=O) groups excluding carboxylic acids is 1. The molecule has 1 N–H and O–H groups in total. The quantitative estimate of drug-likeness (QED) is 0.488. The highest BCUT2D eigenvalue weighted by Gasteiger charge is 2.18. The molecule has 0 fully saturated rings. The molecule has 0 aliphatic heterocycles. The standard InChI is InChI=1S/C24H31NO3/c1-2-27-24(26)10-6-7-15-28-23-14-12-20-11-13-22(16-21(20)17-23)25-18-19-8-4-3-5-9-19/h3-5,8-9,12,14,17,22,25H,2,6-7,10-11,13,15-16,18H2,1H3. The van der Waals surface area contributed by atoms with Gasteiger partial charge in [-0.3, -0.25) is 4.79 Å². The molecule has 1 aliphatic rings. The van der Waals surface area contributed by atoms with Gasteiger partial charge in [-0.1, -0.05) is 36.4 Å². The molecule has 2 aromatic carbocycles. The fourth-order valence-corrected chi connectivity index (χ4v) is 3.65. The Kier molecular flexibility index (Phi) is 7.92. The van der Waals surface area contributed by atoms with E-state index in [4.69, 9.17) is 9.47 Å². The summed E-state index contributed by atoms with van der Waals surface area (Å²) in [6.45, 7) is 3.83. The first kappa shape index (κ1) is 20.4. The van der Waals surface area contributed by atoms with Gasteiger partial charge in [-0.25, -0.2) is 0 Å². The van der Waals surface area contributed by atoms with Crippen molar-refractivity contribution in [1.82, 2.24) is 5.32 Å². The molecule has 1 unspecified atom stereocenters. The molecule has 4 heteroatoms. The number of aryl methyl sites for hydroxylation is 1. The molecule has 28 heavy (non-hydrogen) atoms. The highest BCUT2D eigenvalue weighted by atomic mass is 16.5. The predicted octanol–water partition coefficient (Wildman–Crippen LogP) is 4.45. The first-order valence-corrected chi connectivity index (χ1v) is 10.4. The number of hydrogen-bond donors (Lipinski definition) is 1. The summed E-state index contributed by atoms with van der Waals surface area (Å²) in [5, 5.41) is 3.69. The van der Waals surface area contributed by atoms with Crippen LogP contribution in [0, 0.1) is 0 Å². The van der Waals surface area contributed by atoms with Gasteiger partial charge in [-0.2, -0.15) is 0 Å². The second kappa shape index (κ2) is 10.9. The van der Waals surface area contributed by atoms with Crippen LogP contribution in [-0.2, 0) is 28.9 Å². The monoisotopic (exact) mass is 381 g/mol. The Bertz CT molecular complexity index is 745. The van der Waals surface area contributed by atoms with Crippen molar-refractivity contribution in [1.29, 1.82) is 0 Å². The van der Waals surface area contributed by atoms with Crippen LogP contribution in [0.25, 0.3) is 0 Å². The van der Waals surface area contributed by atoms with Crippen LogP contribution >= 0.6 is 0 Å². The van der Waals surface area contributed by atoms with Crippen molar-refractivity contribution in [2.75, 3.05) is 13.2 Å². The van der Waals surface area contributed by atoms with Crippen molar-refractivity contribution < 1.29 is 14.3 Å². The molecule has 2 aromatic rings. The highest BCUT2D eigenvalue weighted by molar-refractivity contribution is 5.69. The molecule has 0 amide bonds. The lowest BCUT2D eigenvalue weighted by molar-refractivity contribution is -0.143. The second-order valence-electron chi connectivity index (χ2n) is 7.35. The van der Waals surface area contributed by atoms with Crippen LogP contribution in [0.4, 0.5) is 0 Å². The van der Waals surface area contributed by atoms with E-state index in [1.807, 2.05) is 6.92 Å². The van der Waals surface area contributed by atoms with Crippen molar-refractivity contribution in [2.24, 2.45) is 0 Å². The number of nitrogens with one attached hydrogen (secondary N) is 1. The lowest BCUT2D eigenvalue weighted by atomic mass is 9.88. The summed E-state index contributed by atoms with van der Waals surface area (Å²) >= 11 is 0. The number of esters is 1. The third kappa shape index (κ3) is 6.38. The average molecular weight is 382 g/mol. The maximum atomic E-state index is 11.3. The minimum Gasteiger partial charge on any atom is -0.494 e. The summed E-state index contributed by atoms with van der Waals surface area (Å²) in [6, 6.07) is 17.5. The Morgan fingerprint density at radius 1 is 1.11 bits per heavy atom. The van der Waals surface area contributed by atoms with Crippen LogP contribution in [0.2, 0.25) is 0 Å². The Morgan fingerprint density at radius 2 is 1.96 bits per heavy atom. The van der Waals surface area contributed by atoms with E-state index < -0.39 is 0 Å². The molecule has 1 aliphatic carbocycles. The molecule has 0 radical (unpaired) electrons. The molecular weight excluding hydrogens is 350 g/mol. The normalized spacial score (nSPS) is 15.7. The third-order valence-corrected chi connectivity index (χ3v) is 5.19. The van der Waals surface area contributed by atoms with Crippen LogP contribution in [0.3, 0.4) is 0 Å². The molecule has 0 saturated heterocycles. The minimum atomic E-state index is -0.120. The third-order valence-electron chi connectivity index (χ3n) is 5.19. The number of rotatable bonds is 10. The van der Waals surface area contributed by atoms with Crippen LogP contribution in [0.1, 0.15) is 49.3 Å².